The van der Waals surface area contributed by atoms with E-state index in [2.05, 4.69) is 35.1 Å². The second-order valence-electron chi connectivity index (χ2n) is 4.34. The number of hydrogen-bond donors (Lipinski definition) is 2. The van der Waals surface area contributed by atoms with Gasteiger partial charge in [-0.05, 0) is 37.1 Å². The van der Waals surface area contributed by atoms with Crippen LogP contribution in [0.5, 0.6) is 5.75 Å². The minimum Gasteiger partial charge on any atom is -0.491 e. The Labute approximate surface area is 118 Å². The molecule has 0 saturated carbocycles. The van der Waals surface area contributed by atoms with Crippen LogP contribution >= 0.6 is 15.9 Å². The predicted octanol–water partition coefficient (Wildman–Crippen LogP) is 2.97. The molecule has 0 bridgehead atoms. The molecule has 18 heavy (non-hydrogen) atoms. The molecule has 4 heteroatoms. The van der Waals surface area contributed by atoms with Gasteiger partial charge in [-0.2, -0.15) is 0 Å². The lowest BCUT2D eigenvalue weighted by molar-refractivity contribution is 0.103. The molecule has 0 aromatic heterocycles. The largest absolute Gasteiger partial charge is 0.491 e. The molecule has 2 N–H and O–H groups in total. The average molecular weight is 316 g/mol. The van der Waals surface area contributed by atoms with Crippen molar-refractivity contribution in [3.63, 3.8) is 0 Å². The zero-order valence-electron chi connectivity index (χ0n) is 11.0. The van der Waals surface area contributed by atoms with Crippen molar-refractivity contribution in [2.75, 3.05) is 13.2 Å². The molecule has 3 nitrogen and oxygen atoms in total. The molecule has 0 heterocycles. The van der Waals surface area contributed by atoms with Crippen LogP contribution in [-0.2, 0) is 0 Å². The summed E-state index contributed by atoms with van der Waals surface area (Å²) < 4.78 is 6.53. The lowest BCUT2D eigenvalue weighted by Gasteiger charge is -2.18. The first kappa shape index (κ1) is 15.5. The summed E-state index contributed by atoms with van der Waals surface area (Å²) in [5.74, 6) is 0.778. The van der Waals surface area contributed by atoms with Crippen molar-refractivity contribution in [1.29, 1.82) is 0 Å². The van der Waals surface area contributed by atoms with Gasteiger partial charge in [0, 0.05) is 17.1 Å². The highest BCUT2D eigenvalue weighted by Crippen LogP contribution is 2.16. The molecule has 1 aromatic carbocycles. The van der Waals surface area contributed by atoms with Gasteiger partial charge in [-0.25, -0.2) is 0 Å². The highest BCUT2D eigenvalue weighted by atomic mass is 79.9. The van der Waals surface area contributed by atoms with E-state index >= 15 is 0 Å². The first-order chi connectivity index (χ1) is 8.65. The Hall–Kier alpha value is -0.580. The summed E-state index contributed by atoms with van der Waals surface area (Å²) in [5.41, 5.74) is 0. The summed E-state index contributed by atoms with van der Waals surface area (Å²) in [6.07, 6.45) is 1.68. The zero-order chi connectivity index (χ0) is 13.4. The number of aliphatic hydroxyl groups excluding tert-OH is 1. The average Bonchev–Trinajstić information content (AvgIpc) is 2.39. The molecule has 1 atom stereocenters. The summed E-state index contributed by atoms with van der Waals surface area (Å²) >= 11 is 3.37. The normalized spacial score (nSPS) is 12.7. The van der Waals surface area contributed by atoms with Gasteiger partial charge >= 0.3 is 0 Å². The van der Waals surface area contributed by atoms with Crippen LogP contribution in [0.4, 0.5) is 0 Å². The lowest BCUT2D eigenvalue weighted by Crippen LogP contribution is -2.37. The Balaban J connectivity index is 2.24. The van der Waals surface area contributed by atoms with Crippen LogP contribution in [0.2, 0.25) is 0 Å². The summed E-state index contributed by atoms with van der Waals surface area (Å²) in [6.45, 7) is 5.18. The van der Waals surface area contributed by atoms with Gasteiger partial charge in [0.05, 0.1) is 0 Å². The third kappa shape index (κ3) is 5.85. The summed E-state index contributed by atoms with van der Waals surface area (Å²) in [7, 11) is 0. The number of hydrogen-bond acceptors (Lipinski definition) is 3. The molecular weight excluding hydrogens is 294 g/mol. The molecule has 0 unspecified atom stereocenters. The Morgan fingerprint density at radius 1 is 1.22 bits per heavy atom. The van der Waals surface area contributed by atoms with Gasteiger partial charge in [-0.15, -0.1) is 0 Å². The highest BCUT2D eigenvalue weighted by Gasteiger charge is 2.08. The second kappa shape index (κ2) is 8.51. The maximum atomic E-state index is 9.81. The van der Waals surface area contributed by atoms with E-state index in [1.165, 1.54) is 0 Å². The third-order valence-corrected chi connectivity index (χ3v) is 3.41. The number of nitrogens with one attached hydrogen (secondary N) is 1. The van der Waals surface area contributed by atoms with Gasteiger partial charge in [-0.1, -0.05) is 29.8 Å². The fourth-order valence-corrected chi connectivity index (χ4v) is 1.93. The van der Waals surface area contributed by atoms with Crippen LogP contribution in [0.15, 0.2) is 28.7 Å². The van der Waals surface area contributed by atoms with Crippen LogP contribution in [-0.4, -0.2) is 30.4 Å². The molecule has 0 amide bonds. The van der Waals surface area contributed by atoms with Crippen molar-refractivity contribution in [1.82, 2.24) is 5.32 Å². The Morgan fingerprint density at radius 3 is 2.39 bits per heavy atom. The lowest BCUT2D eigenvalue weighted by atomic mass is 10.1. The molecular formula is C14H22BrNO2. The molecule has 0 aliphatic heterocycles. The van der Waals surface area contributed by atoms with Crippen molar-refractivity contribution in [3.8, 4) is 5.75 Å². The van der Waals surface area contributed by atoms with E-state index in [-0.39, 0.29) is 0 Å². The zero-order valence-corrected chi connectivity index (χ0v) is 12.6. The van der Waals surface area contributed by atoms with E-state index in [1.807, 2.05) is 24.3 Å². The fraction of sp³-hybridized carbons (Fsp3) is 0.571. The van der Waals surface area contributed by atoms with Crippen molar-refractivity contribution < 1.29 is 9.84 Å². The van der Waals surface area contributed by atoms with Crippen LogP contribution in [0.25, 0.3) is 0 Å². The quantitative estimate of drug-likeness (QED) is 0.775. The molecule has 1 rings (SSSR count). The number of aliphatic hydroxyl groups is 1. The van der Waals surface area contributed by atoms with Crippen LogP contribution in [0, 0.1) is 0 Å². The van der Waals surface area contributed by atoms with Gasteiger partial charge < -0.3 is 15.2 Å². The van der Waals surface area contributed by atoms with Crippen LogP contribution < -0.4 is 10.1 Å². The first-order valence-corrected chi connectivity index (χ1v) is 7.24. The molecule has 102 valence electrons. The standard InChI is InChI=1S/C14H22BrNO2/c1-3-12(4-2)16-9-13(17)10-18-14-7-5-11(15)6-8-14/h5-8,12-13,16-17H,3-4,9-10H2,1-2H3/t13-/m0/s1. The van der Waals surface area contributed by atoms with Gasteiger partial charge in [0.1, 0.15) is 18.5 Å². The molecule has 0 saturated heterocycles. The summed E-state index contributed by atoms with van der Waals surface area (Å²) in [4.78, 5) is 0. The Bertz CT molecular complexity index is 325. The number of benzene rings is 1. The monoisotopic (exact) mass is 315 g/mol. The SMILES string of the molecule is CCC(CC)NC[C@H](O)COc1ccc(Br)cc1. The Morgan fingerprint density at radius 2 is 1.83 bits per heavy atom. The fourth-order valence-electron chi connectivity index (χ4n) is 1.66. The Kier molecular flexibility index (Phi) is 7.32. The molecule has 0 aliphatic carbocycles. The maximum Gasteiger partial charge on any atom is 0.119 e. The van der Waals surface area contributed by atoms with Crippen molar-refractivity contribution >= 4 is 15.9 Å². The number of halogens is 1. The summed E-state index contributed by atoms with van der Waals surface area (Å²) in [5, 5.41) is 13.1. The van der Waals surface area contributed by atoms with E-state index in [0.717, 1.165) is 23.1 Å². The molecule has 0 radical (unpaired) electrons. The van der Waals surface area contributed by atoms with E-state index in [9.17, 15) is 5.11 Å². The smallest absolute Gasteiger partial charge is 0.119 e. The predicted molar refractivity (Wildman–Crippen MR) is 78.0 cm³/mol. The number of ether oxygens (including phenoxy) is 1. The van der Waals surface area contributed by atoms with Gasteiger partial charge in [0.15, 0.2) is 0 Å². The van der Waals surface area contributed by atoms with Gasteiger partial charge in [0.25, 0.3) is 0 Å². The van der Waals surface area contributed by atoms with E-state index in [1.54, 1.807) is 0 Å². The molecule has 0 aliphatic rings. The summed E-state index contributed by atoms with van der Waals surface area (Å²) in [6, 6.07) is 8.08. The number of rotatable bonds is 8. The topological polar surface area (TPSA) is 41.5 Å². The first-order valence-electron chi connectivity index (χ1n) is 6.45. The van der Waals surface area contributed by atoms with Crippen molar-refractivity contribution in [3.05, 3.63) is 28.7 Å². The van der Waals surface area contributed by atoms with Crippen LogP contribution in [0.1, 0.15) is 26.7 Å². The van der Waals surface area contributed by atoms with Crippen molar-refractivity contribution in [2.24, 2.45) is 0 Å². The van der Waals surface area contributed by atoms with Gasteiger partial charge in [0.2, 0.25) is 0 Å². The van der Waals surface area contributed by atoms with Crippen LogP contribution in [0.3, 0.4) is 0 Å². The second-order valence-corrected chi connectivity index (χ2v) is 5.26. The molecule has 1 aromatic rings. The molecule has 0 spiro atoms. The van der Waals surface area contributed by atoms with E-state index < -0.39 is 6.10 Å². The van der Waals surface area contributed by atoms with E-state index in [0.29, 0.717) is 19.2 Å². The maximum absolute atomic E-state index is 9.81. The highest BCUT2D eigenvalue weighted by molar-refractivity contribution is 9.10. The minimum absolute atomic E-state index is 0.314. The van der Waals surface area contributed by atoms with Gasteiger partial charge in [-0.3, -0.25) is 0 Å². The van der Waals surface area contributed by atoms with Crippen molar-refractivity contribution in [2.45, 2.75) is 38.8 Å². The third-order valence-electron chi connectivity index (χ3n) is 2.88. The molecule has 0 fully saturated rings. The van der Waals surface area contributed by atoms with E-state index in [4.69, 9.17) is 4.74 Å². The minimum atomic E-state index is -0.478.